The zero-order chi connectivity index (χ0) is 52.7. The summed E-state index contributed by atoms with van der Waals surface area (Å²) in [5.74, 6) is -5.61. The topological polar surface area (TPSA) is 268 Å². The lowest BCUT2D eigenvalue weighted by atomic mass is 10.0. The van der Waals surface area contributed by atoms with Crippen LogP contribution in [0.1, 0.15) is 95.3 Å². The highest BCUT2D eigenvalue weighted by Crippen LogP contribution is 2.32. The van der Waals surface area contributed by atoms with E-state index < -0.39 is 65.2 Å². The van der Waals surface area contributed by atoms with Crippen molar-refractivity contribution in [3.63, 3.8) is 0 Å². The fraction of sp³-hybridized carbons (Fsp3) is 0.512. The number of carbonyl (C=O) groups excluding carboxylic acids is 8. The minimum atomic E-state index is -1.07. The number of rotatable bonds is 18. The largest absolute Gasteiger partial charge is 0.382 e. The number of carbonyl (C=O) groups is 8. The standard InChI is InChI=1S/C19H24N4O6.C13H9FN2O4.C7H17NO2.2CH4.S13/c20-6-8-28-10-11-29-9-7-21-13-3-1-2-12-16(13)19(27)23(18(12)26)14-4-5-15(24)22-17(14)25;14-7-3-1-2-6-10(7)13(20)16(12(6)19)8-4-5-9(17)15-11(8)18;1-2-4-9-6-7-10-5-3-8;;;1-3-5-7-9-11-13-12-10-8-6-4-2/h1-3,14,21H,4-11,20H2,(H,22,24,25);1-3,8H,4-5H2,(H,15,17,18);2-8H2,1H3;2*1H4;. The normalized spacial score (nSPS) is 15.9. The highest BCUT2D eigenvalue weighted by Gasteiger charge is 2.47. The number of imide groups is 4. The van der Waals surface area contributed by atoms with Gasteiger partial charge in [0.15, 0.2) is 0 Å². The summed E-state index contributed by atoms with van der Waals surface area (Å²) in [6.45, 7) is 8.12. The Balaban J connectivity index is 0.000000530. The third kappa shape index (κ3) is 23.1. The lowest BCUT2D eigenvalue weighted by molar-refractivity contribution is -0.137. The van der Waals surface area contributed by atoms with Gasteiger partial charge in [0.2, 0.25) is 23.6 Å². The number of hydrogen-bond donors (Lipinski definition) is 5. The third-order valence-corrected chi connectivity index (χ3v) is 31.6. The number of amides is 8. The number of benzene rings is 2. The van der Waals surface area contributed by atoms with Crippen LogP contribution < -0.4 is 27.4 Å². The molecule has 33 heteroatoms. The molecule has 4 aliphatic heterocycles. The minimum Gasteiger partial charge on any atom is -0.382 e. The molecule has 8 amide bonds. The van der Waals surface area contributed by atoms with Gasteiger partial charge in [-0.2, -0.15) is 0 Å². The molecule has 74 heavy (non-hydrogen) atoms. The maximum atomic E-state index is 13.7. The van der Waals surface area contributed by atoms with Crippen molar-refractivity contribution in [3.05, 3.63) is 64.5 Å². The Bertz CT molecular complexity index is 2760. The SMILES string of the molecule is C.C.CCCOCCOCCN.NCCOCCOCCNc1cccc2c1C(=O)N(C1CCC(=O)NC1=O)C2=O.O=C1CCC(N2C(=O)c3cccc(F)c3C2=O)C(=O)N1.S=S=S=S=S=S=S=S=S=S=S=S=S. The monoisotopic (exact) mass is 1280 g/mol. The number of hydrogen-bond acceptors (Lipinski definition) is 17. The van der Waals surface area contributed by atoms with E-state index in [1.165, 1.54) is 29.9 Å². The van der Waals surface area contributed by atoms with Crippen molar-refractivity contribution in [2.45, 2.75) is 66.0 Å². The zero-order valence-corrected chi connectivity index (χ0v) is 48.7. The van der Waals surface area contributed by atoms with Gasteiger partial charge in [-0.05, 0) is 43.5 Å². The van der Waals surface area contributed by atoms with Crippen molar-refractivity contribution in [1.82, 2.24) is 20.4 Å². The quantitative estimate of drug-likeness (QED) is 0.104. The summed E-state index contributed by atoms with van der Waals surface area (Å²) in [6, 6.07) is 6.61. The van der Waals surface area contributed by atoms with Gasteiger partial charge in [-0.3, -0.25) is 58.8 Å². The average Bonchev–Trinajstić information content (AvgIpc) is 3.78. The molecule has 2 aromatic rings. The first-order valence-corrected chi connectivity index (χ1v) is 37.3. The second kappa shape index (κ2) is 40.5. The minimum absolute atomic E-state index is 0. The lowest BCUT2D eigenvalue weighted by Crippen LogP contribution is -2.54. The van der Waals surface area contributed by atoms with E-state index in [0.717, 1.165) is 28.9 Å². The predicted octanol–water partition coefficient (Wildman–Crippen LogP) is 1.35. The number of anilines is 1. The van der Waals surface area contributed by atoms with Crippen LogP contribution in [-0.4, -0.2) is 142 Å². The molecule has 6 rings (SSSR count). The molecule has 4 heterocycles. The van der Waals surface area contributed by atoms with Crippen molar-refractivity contribution in [1.29, 1.82) is 0 Å². The van der Waals surface area contributed by atoms with Crippen molar-refractivity contribution >= 4 is 173 Å². The molecule has 0 saturated carbocycles. The molecule has 7 N–H and O–H groups in total. The van der Waals surface area contributed by atoms with Crippen LogP contribution in [0.25, 0.3) is 0 Å². The van der Waals surface area contributed by atoms with Crippen LogP contribution in [0.3, 0.4) is 0 Å². The number of nitrogens with zero attached hydrogens (tertiary/aromatic N) is 2. The number of nitrogens with one attached hydrogen (secondary N) is 3. The molecule has 0 aliphatic carbocycles. The van der Waals surface area contributed by atoms with Gasteiger partial charge in [0.25, 0.3) is 23.6 Å². The van der Waals surface area contributed by atoms with E-state index in [4.69, 9.17) is 52.8 Å². The fourth-order valence-electron chi connectivity index (χ4n) is 6.45. The molecular formula is C41H58FN7O12S13. The Morgan fingerprint density at radius 2 is 0.986 bits per heavy atom. The van der Waals surface area contributed by atoms with Crippen LogP contribution in [-0.2, 0) is 158 Å². The van der Waals surface area contributed by atoms with Gasteiger partial charge in [0.05, 0.1) is 68.5 Å². The molecule has 2 atom stereocenters. The van der Waals surface area contributed by atoms with Gasteiger partial charge in [-0.25, -0.2) is 4.39 Å². The maximum absolute atomic E-state index is 13.7. The van der Waals surface area contributed by atoms with Gasteiger partial charge in [0, 0.05) is 165 Å². The molecule has 4 aliphatic rings. The van der Waals surface area contributed by atoms with E-state index in [9.17, 15) is 42.7 Å². The Kier molecular flexibility index (Phi) is 38.0. The van der Waals surface area contributed by atoms with E-state index >= 15 is 0 Å². The van der Waals surface area contributed by atoms with Gasteiger partial charge in [-0.15, -0.1) is 0 Å². The zero-order valence-electron chi connectivity index (χ0n) is 38.1. The Labute approximate surface area is 470 Å². The number of fused-ring (bicyclic) bond motifs is 2. The summed E-state index contributed by atoms with van der Waals surface area (Å²) in [5, 5.41) is 7.35. The Morgan fingerprint density at radius 1 is 0.581 bits per heavy atom. The molecule has 0 bridgehead atoms. The second-order valence-corrected chi connectivity index (χ2v) is 33.4. The van der Waals surface area contributed by atoms with E-state index in [-0.39, 0.29) is 62.8 Å². The average molecular weight is 1280 g/mol. The number of nitrogens with two attached hydrogens (primary N) is 2. The van der Waals surface area contributed by atoms with Crippen LogP contribution in [0.15, 0.2) is 36.4 Å². The van der Waals surface area contributed by atoms with Crippen LogP contribution in [0, 0.1) is 5.82 Å². The maximum Gasteiger partial charge on any atom is 0.265 e. The highest BCUT2D eigenvalue weighted by molar-refractivity contribution is 8.75. The molecule has 0 aromatic heterocycles. The van der Waals surface area contributed by atoms with Crippen LogP contribution in [0.2, 0.25) is 0 Å². The summed E-state index contributed by atoms with van der Waals surface area (Å²) in [4.78, 5) is 98.0. The van der Waals surface area contributed by atoms with E-state index in [1.54, 1.807) is 98.1 Å². The Hall–Kier alpha value is -2.65. The van der Waals surface area contributed by atoms with Crippen molar-refractivity contribution in [2.24, 2.45) is 11.5 Å². The fourth-order valence-corrected chi connectivity index (χ4v) is 31.1. The number of piperidine rings is 2. The molecule has 0 radical (unpaired) electrons. The lowest BCUT2D eigenvalue weighted by Gasteiger charge is -2.27. The third-order valence-electron chi connectivity index (χ3n) is 9.34. The second-order valence-electron chi connectivity index (χ2n) is 14.0. The molecule has 414 valence electrons. The highest BCUT2D eigenvalue weighted by atomic mass is 33.5. The summed E-state index contributed by atoms with van der Waals surface area (Å²) < 4.78 is 34.5. The first-order chi connectivity index (χ1) is 34.9. The molecule has 2 unspecified atom stereocenters. The predicted molar refractivity (Wildman–Crippen MR) is 316 cm³/mol. The van der Waals surface area contributed by atoms with Crippen molar-refractivity contribution < 1.29 is 61.7 Å². The molecule has 19 nitrogen and oxygen atoms in total. The first kappa shape index (κ1) is 69.4. The van der Waals surface area contributed by atoms with Crippen molar-refractivity contribution in [2.75, 3.05) is 77.8 Å². The Morgan fingerprint density at radius 3 is 1.41 bits per heavy atom. The van der Waals surface area contributed by atoms with Gasteiger partial charge in [0.1, 0.15) is 17.9 Å². The number of ether oxygens (including phenoxy) is 4. The van der Waals surface area contributed by atoms with E-state index in [2.05, 4.69) is 22.9 Å². The van der Waals surface area contributed by atoms with Gasteiger partial charge >= 0.3 is 0 Å². The van der Waals surface area contributed by atoms with Crippen LogP contribution in [0.4, 0.5) is 10.1 Å². The molecule has 2 fully saturated rings. The molecule has 0 spiro atoms. The molecule has 2 saturated heterocycles. The summed E-state index contributed by atoms with van der Waals surface area (Å²) in [7, 11) is 18.1. The van der Waals surface area contributed by atoms with E-state index in [0.29, 0.717) is 71.6 Å². The van der Waals surface area contributed by atoms with Crippen LogP contribution in [0.5, 0.6) is 0 Å². The first-order valence-electron chi connectivity index (χ1n) is 21.3. The van der Waals surface area contributed by atoms with Gasteiger partial charge < -0.3 is 35.7 Å². The van der Waals surface area contributed by atoms with E-state index in [1.807, 2.05) is 0 Å². The smallest absolute Gasteiger partial charge is 0.265 e. The van der Waals surface area contributed by atoms with Crippen molar-refractivity contribution in [3.8, 4) is 0 Å². The molecular weight excluding hydrogens is 1220 g/mol. The van der Waals surface area contributed by atoms with Crippen LogP contribution >= 0.6 is 0 Å². The number of halogens is 1. The molecule has 2 aromatic carbocycles. The summed E-state index contributed by atoms with van der Waals surface area (Å²) in [5.41, 5.74) is 11.1. The summed E-state index contributed by atoms with van der Waals surface area (Å²) in [6.07, 6.45) is 1.36. The summed E-state index contributed by atoms with van der Waals surface area (Å²) >= 11 is 9.40. The van der Waals surface area contributed by atoms with Gasteiger partial charge in [-0.1, -0.05) is 33.9 Å².